The first-order valence-electron chi connectivity index (χ1n) is 6.48. The summed E-state index contributed by atoms with van der Waals surface area (Å²) in [4.78, 5) is 4.35. The highest BCUT2D eigenvalue weighted by atomic mass is 35.5. The highest BCUT2D eigenvalue weighted by molar-refractivity contribution is 6.31. The normalized spacial score (nSPS) is 10.6. The maximum Gasteiger partial charge on any atom is 0.219 e. The molecule has 0 unspecified atom stereocenters. The molecule has 1 N–H and O–H groups in total. The van der Waals surface area contributed by atoms with E-state index in [0.717, 1.165) is 18.7 Å². The monoisotopic (exact) mass is 294 g/mol. The molecule has 2 aromatic rings. The third kappa shape index (κ3) is 4.18. The predicted molar refractivity (Wildman–Crippen MR) is 77.7 cm³/mol. The number of nitrogens with one attached hydrogen (secondary N) is 1. The average molecular weight is 295 g/mol. The topological polar surface area (TPSA) is 34.2 Å². The molecule has 3 nitrogen and oxygen atoms in total. The number of hydrogen-bond donors (Lipinski definition) is 1. The van der Waals surface area contributed by atoms with Gasteiger partial charge in [-0.05, 0) is 43.3 Å². The second-order valence-electron chi connectivity index (χ2n) is 4.31. The van der Waals surface area contributed by atoms with E-state index in [-0.39, 0.29) is 5.82 Å². The van der Waals surface area contributed by atoms with Crippen molar-refractivity contribution in [3.8, 4) is 11.6 Å². The molecule has 0 saturated heterocycles. The summed E-state index contributed by atoms with van der Waals surface area (Å²) in [6.45, 7) is 3.59. The van der Waals surface area contributed by atoms with Crippen molar-refractivity contribution in [1.29, 1.82) is 0 Å². The number of rotatable bonds is 6. The number of benzene rings is 1. The van der Waals surface area contributed by atoms with Crippen LogP contribution in [0.15, 0.2) is 36.4 Å². The van der Waals surface area contributed by atoms with Gasteiger partial charge in [0.15, 0.2) is 0 Å². The van der Waals surface area contributed by atoms with Gasteiger partial charge in [0.2, 0.25) is 5.88 Å². The van der Waals surface area contributed by atoms with Gasteiger partial charge in [0.25, 0.3) is 0 Å². The van der Waals surface area contributed by atoms with Crippen LogP contribution in [0, 0.1) is 5.82 Å². The molecular weight excluding hydrogens is 279 g/mol. The zero-order valence-electron chi connectivity index (χ0n) is 11.2. The highest BCUT2D eigenvalue weighted by Gasteiger charge is 2.05. The Balaban J connectivity index is 2.08. The van der Waals surface area contributed by atoms with Crippen LogP contribution in [0.5, 0.6) is 11.6 Å². The molecule has 0 aliphatic heterocycles. The van der Waals surface area contributed by atoms with Crippen LogP contribution in [0.2, 0.25) is 5.02 Å². The molecule has 1 aromatic carbocycles. The fourth-order valence-corrected chi connectivity index (χ4v) is 1.82. The third-order valence-corrected chi connectivity index (χ3v) is 2.99. The van der Waals surface area contributed by atoms with Crippen molar-refractivity contribution in [2.45, 2.75) is 19.9 Å². The van der Waals surface area contributed by atoms with Crippen LogP contribution < -0.4 is 10.1 Å². The lowest BCUT2D eigenvalue weighted by atomic mass is 10.3. The Morgan fingerprint density at radius 3 is 2.65 bits per heavy atom. The number of hydrogen-bond acceptors (Lipinski definition) is 3. The molecule has 5 heteroatoms. The first-order valence-corrected chi connectivity index (χ1v) is 6.86. The summed E-state index contributed by atoms with van der Waals surface area (Å²) in [6.07, 6.45) is 1.05. The lowest BCUT2D eigenvalue weighted by molar-refractivity contribution is 0.458. The number of aromatic nitrogens is 1. The molecule has 0 aliphatic carbocycles. The number of ether oxygens (including phenoxy) is 1. The number of halogens is 2. The number of nitrogens with zero attached hydrogens (tertiary/aromatic N) is 1. The van der Waals surface area contributed by atoms with Crippen molar-refractivity contribution < 1.29 is 9.13 Å². The van der Waals surface area contributed by atoms with E-state index in [9.17, 15) is 4.39 Å². The van der Waals surface area contributed by atoms with Crippen LogP contribution >= 0.6 is 11.6 Å². The fraction of sp³-hybridized carbons (Fsp3) is 0.267. The molecule has 0 saturated carbocycles. The molecule has 0 atom stereocenters. The van der Waals surface area contributed by atoms with Crippen molar-refractivity contribution >= 4 is 11.6 Å². The van der Waals surface area contributed by atoms with E-state index in [0.29, 0.717) is 23.2 Å². The zero-order valence-corrected chi connectivity index (χ0v) is 12.0. The van der Waals surface area contributed by atoms with Gasteiger partial charge in [-0.2, -0.15) is 0 Å². The second-order valence-corrected chi connectivity index (χ2v) is 4.72. The van der Waals surface area contributed by atoms with Crippen LogP contribution in [0.1, 0.15) is 19.0 Å². The molecule has 0 amide bonds. The quantitative estimate of drug-likeness (QED) is 0.812. The van der Waals surface area contributed by atoms with Gasteiger partial charge in [-0.15, -0.1) is 0 Å². The van der Waals surface area contributed by atoms with Gasteiger partial charge in [0.05, 0.1) is 10.7 Å². The zero-order chi connectivity index (χ0) is 14.4. The SMILES string of the molecule is CCCNCc1nc(Oc2ccc(F)cc2)ccc1Cl. The lowest BCUT2D eigenvalue weighted by Gasteiger charge is -2.09. The first-order chi connectivity index (χ1) is 9.69. The Morgan fingerprint density at radius 2 is 1.95 bits per heavy atom. The maximum absolute atomic E-state index is 12.8. The summed E-state index contributed by atoms with van der Waals surface area (Å²) in [7, 11) is 0. The molecular formula is C15H16ClFN2O. The molecule has 0 fully saturated rings. The predicted octanol–water partition coefficient (Wildman–Crippen LogP) is 4.17. The smallest absolute Gasteiger partial charge is 0.219 e. The van der Waals surface area contributed by atoms with E-state index in [1.165, 1.54) is 12.1 Å². The van der Waals surface area contributed by atoms with Crippen molar-refractivity contribution in [2.24, 2.45) is 0 Å². The summed E-state index contributed by atoms with van der Waals surface area (Å²) in [5.41, 5.74) is 0.736. The van der Waals surface area contributed by atoms with Crippen molar-refractivity contribution in [1.82, 2.24) is 10.3 Å². The van der Waals surface area contributed by atoms with Crippen molar-refractivity contribution in [3.05, 3.63) is 52.9 Å². The molecule has 0 bridgehead atoms. The van der Waals surface area contributed by atoms with Crippen LogP contribution in [0.25, 0.3) is 0 Å². The van der Waals surface area contributed by atoms with Crippen molar-refractivity contribution in [2.75, 3.05) is 6.54 Å². The Morgan fingerprint density at radius 1 is 1.20 bits per heavy atom. The standard InChI is InChI=1S/C15H16ClFN2O/c1-2-9-18-10-14-13(16)7-8-15(19-14)20-12-5-3-11(17)4-6-12/h3-8,18H,2,9-10H2,1H3. The summed E-state index contributed by atoms with van der Waals surface area (Å²) >= 11 is 6.09. The Hall–Kier alpha value is -1.65. The van der Waals surface area contributed by atoms with E-state index in [1.807, 2.05) is 0 Å². The lowest BCUT2D eigenvalue weighted by Crippen LogP contribution is -2.15. The minimum absolute atomic E-state index is 0.300. The van der Waals surface area contributed by atoms with E-state index in [2.05, 4.69) is 17.2 Å². The minimum Gasteiger partial charge on any atom is -0.439 e. The molecule has 1 heterocycles. The minimum atomic E-state index is -0.300. The Kier molecular flexibility index (Phi) is 5.32. The highest BCUT2D eigenvalue weighted by Crippen LogP contribution is 2.23. The summed E-state index contributed by atoms with van der Waals surface area (Å²) in [6, 6.07) is 9.23. The molecule has 1 aromatic heterocycles. The molecule has 20 heavy (non-hydrogen) atoms. The van der Waals surface area contributed by atoms with Gasteiger partial charge < -0.3 is 10.1 Å². The summed E-state index contributed by atoms with van der Waals surface area (Å²) in [5.74, 6) is 0.675. The molecule has 0 radical (unpaired) electrons. The van der Waals surface area contributed by atoms with Gasteiger partial charge in [-0.1, -0.05) is 18.5 Å². The Labute approximate surface area is 122 Å². The van der Waals surface area contributed by atoms with Crippen LogP contribution in [0.3, 0.4) is 0 Å². The second kappa shape index (κ2) is 7.22. The van der Waals surface area contributed by atoms with E-state index in [1.54, 1.807) is 24.3 Å². The van der Waals surface area contributed by atoms with E-state index in [4.69, 9.17) is 16.3 Å². The molecule has 0 aliphatic rings. The van der Waals surface area contributed by atoms with E-state index < -0.39 is 0 Å². The van der Waals surface area contributed by atoms with Crippen molar-refractivity contribution in [3.63, 3.8) is 0 Å². The maximum atomic E-state index is 12.8. The van der Waals surface area contributed by atoms with Gasteiger partial charge in [0, 0.05) is 12.6 Å². The van der Waals surface area contributed by atoms with Crippen LogP contribution in [0.4, 0.5) is 4.39 Å². The van der Waals surface area contributed by atoms with Gasteiger partial charge in [-0.25, -0.2) is 9.37 Å². The van der Waals surface area contributed by atoms with Gasteiger partial charge in [0.1, 0.15) is 11.6 Å². The van der Waals surface area contributed by atoms with E-state index >= 15 is 0 Å². The van der Waals surface area contributed by atoms with Crippen LogP contribution in [-0.2, 0) is 6.54 Å². The molecule has 2 rings (SSSR count). The summed E-state index contributed by atoms with van der Waals surface area (Å²) < 4.78 is 18.4. The average Bonchev–Trinajstić information content (AvgIpc) is 2.45. The third-order valence-electron chi connectivity index (χ3n) is 2.65. The number of pyridine rings is 1. The molecule has 106 valence electrons. The van der Waals surface area contributed by atoms with Gasteiger partial charge in [-0.3, -0.25) is 0 Å². The van der Waals surface area contributed by atoms with Gasteiger partial charge >= 0.3 is 0 Å². The fourth-order valence-electron chi connectivity index (χ4n) is 1.65. The first kappa shape index (κ1) is 14.8. The summed E-state index contributed by atoms with van der Waals surface area (Å²) in [5, 5.41) is 3.84. The van der Waals surface area contributed by atoms with Crippen LogP contribution in [-0.4, -0.2) is 11.5 Å². The largest absolute Gasteiger partial charge is 0.439 e. The Bertz CT molecular complexity index is 560. The molecule has 0 spiro atoms.